The third-order valence-corrected chi connectivity index (χ3v) is 6.53. The number of halogens is 3. The van der Waals surface area contributed by atoms with Crippen LogP contribution in [0.15, 0.2) is 24.3 Å². The van der Waals surface area contributed by atoms with Crippen molar-refractivity contribution in [3.63, 3.8) is 0 Å². The first-order valence-corrected chi connectivity index (χ1v) is 10.9. The molecule has 3 aliphatic rings. The van der Waals surface area contributed by atoms with Crippen LogP contribution in [0.3, 0.4) is 0 Å². The summed E-state index contributed by atoms with van der Waals surface area (Å²) in [6.45, 7) is 2.83. The molecule has 10 heteroatoms. The molecule has 3 aliphatic heterocycles. The van der Waals surface area contributed by atoms with Crippen molar-refractivity contribution < 1.29 is 32.3 Å². The van der Waals surface area contributed by atoms with Gasteiger partial charge < -0.3 is 19.4 Å². The molecule has 0 N–H and O–H groups in total. The van der Waals surface area contributed by atoms with Gasteiger partial charge in [-0.15, -0.1) is 0 Å². The third-order valence-electron chi connectivity index (χ3n) is 6.53. The Labute approximate surface area is 184 Å². The van der Waals surface area contributed by atoms with E-state index in [1.807, 2.05) is 0 Å². The van der Waals surface area contributed by atoms with Crippen LogP contribution in [0.25, 0.3) is 0 Å². The molecule has 3 amide bonds. The van der Waals surface area contributed by atoms with Crippen LogP contribution in [0.1, 0.15) is 41.6 Å². The fraction of sp³-hybridized carbons (Fsp3) is 0.591. The molecular formula is C22H26F3N3O4. The lowest BCUT2D eigenvalue weighted by atomic mass is 9.94. The molecule has 1 unspecified atom stereocenters. The number of alkyl halides is 3. The first kappa shape index (κ1) is 22.4. The maximum Gasteiger partial charge on any atom is 0.416 e. The van der Waals surface area contributed by atoms with Crippen LogP contribution in [0, 0.1) is 5.92 Å². The molecular weight excluding hydrogens is 427 g/mol. The van der Waals surface area contributed by atoms with Gasteiger partial charge in [-0.25, -0.2) is 4.79 Å². The number of likely N-dealkylation sites (tertiary alicyclic amines) is 2. The number of ether oxygens (including phenoxy) is 1. The summed E-state index contributed by atoms with van der Waals surface area (Å²) in [7, 11) is 0. The number of hydrogen-bond donors (Lipinski definition) is 0. The van der Waals surface area contributed by atoms with Crippen molar-refractivity contribution in [3.8, 4) is 0 Å². The Hall–Kier alpha value is -2.78. The van der Waals surface area contributed by atoms with Crippen molar-refractivity contribution in [2.45, 2.75) is 37.9 Å². The molecule has 3 heterocycles. The fourth-order valence-corrected chi connectivity index (χ4v) is 4.74. The van der Waals surface area contributed by atoms with Gasteiger partial charge in [0.05, 0.1) is 18.0 Å². The molecule has 32 heavy (non-hydrogen) atoms. The molecule has 174 valence electrons. The Morgan fingerprint density at radius 3 is 2.22 bits per heavy atom. The van der Waals surface area contributed by atoms with Crippen LogP contribution in [0.4, 0.5) is 18.0 Å². The van der Waals surface area contributed by atoms with E-state index >= 15 is 0 Å². The van der Waals surface area contributed by atoms with E-state index in [0.717, 1.165) is 12.1 Å². The Balaban J connectivity index is 1.33. The van der Waals surface area contributed by atoms with Crippen LogP contribution in [0.5, 0.6) is 0 Å². The highest BCUT2D eigenvalue weighted by Crippen LogP contribution is 2.30. The number of carbonyl (C=O) groups excluding carboxylic acids is 3. The SMILES string of the molecule is O=C(c1ccc(C(F)(F)F)cc1)N1CCCC(C(=O)N2CCC(N3CCOC3=O)CC2)C1. The van der Waals surface area contributed by atoms with Crippen molar-refractivity contribution in [1.29, 1.82) is 0 Å². The second-order valence-corrected chi connectivity index (χ2v) is 8.53. The smallest absolute Gasteiger partial charge is 0.416 e. The Morgan fingerprint density at radius 1 is 0.938 bits per heavy atom. The van der Waals surface area contributed by atoms with E-state index in [4.69, 9.17) is 4.74 Å². The molecule has 7 nitrogen and oxygen atoms in total. The highest BCUT2D eigenvalue weighted by Gasteiger charge is 2.37. The molecule has 1 aromatic carbocycles. The summed E-state index contributed by atoms with van der Waals surface area (Å²) in [5.74, 6) is -0.685. The molecule has 3 saturated heterocycles. The standard InChI is InChI=1S/C22H26F3N3O4/c23-22(24,25)17-5-3-15(4-6-17)19(29)27-9-1-2-16(14-27)20(30)26-10-7-18(8-11-26)28-12-13-32-21(28)31/h3-6,16,18H,1-2,7-14H2. The van der Waals surface area contributed by atoms with Crippen LogP contribution >= 0.6 is 0 Å². The number of cyclic esters (lactones) is 1. The first-order chi connectivity index (χ1) is 15.2. The Bertz CT molecular complexity index is 866. The lowest BCUT2D eigenvalue weighted by Crippen LogP contribution is -2.51. The summed E-state index contributed by atoms with van der Waals surface area (Å²) >= 11 is 0. The third kappa shape index (κ3) is 4.68. The van der Waals surface area contributed by atoms with Crippen LogP contribution in [0.2, 0.25) is 0 Å². The second kappa shape index (κ2) is 8.99. The van der Waals surface area contributed by atoms with E-state index < -0.39 is 11.7 Å². The van der Waals surface area contributed by atoms with E-state index in [2.05, 4.69) is 0 Å². The summed E-state index contributed by atoms with van der Waals surface area (Å²) < 4.78 is 43.3. The minimum absolute atomic E-state index is 0.00244. The molecule has 3 fully saturated rings. The van der Waals surface area contributed by atoms with E-state index in [1.54, 1.807) is 14.7 Å². The van der Waals surface area contributed by atoms with Crippen LogP contribution in [-0.4, -0.2) is 78.0 Å². The monoisotopic (exact) mass is 453 g/mol. The molecule has 0 spiro atoms. The molecule has 0 saturated carbocycles. The number of piperidine rings is 2. The molecule has 1 aromatic rings. The number of hydrogen-bond acceptors (Lipinski definition) is 4. The van der Waals surface area contributed by atoms with Gasteiger partial charge in [0.15, 0.2) is 0 Å². The molecule has 0 radical (unpaired) electrons. The largest absolute Gasteiger partial charge is 0.448 e. The van der Waals surface area contributed by atoms with Crippen molar-refractivity contribution >= 4 is 17.9 Å². The summed E-state index contributed by atoms with van der Waals surface area (Å²) in [4.78, 5) is 42.7. The van der Waals surface area contributed by atoms with Gasteiger partial charge in [0.2, 0.25) is 5.91 Å². The molecule has 0 aromatic heterocycles. The number of amides is 3. The summed E-state index contributed by atoms with van der Waals surface area (Å²) in [5, 5.41) is 0. The number of rotatable bonds is 3. The van der Waals surface area contributed by atoms with Crippen LogP contribution in [-0.2, 0) is 15.7 Å². The zero-order valence-electron chi connectivity index (χ0n) is 17.6. The molecule has 1 atom stereocenters. The quantitative estimate of drug-likeness (QED) is 0.706. The van der Waals surface area contributed by atoms with Gasteiger partial charge in [-0.3, -0.25) is 9.59 Å². The summed E-state index contributed by atoms with van der Waals surface area (Å²) in [5.41, 5.74) is -0.615. The van der Waals surface area contributed by atoms with Crippen molar-refractivity contribution in [3.05, 3.63) is 35.4 Å². The topological polar surface area (TPSA) is 70.2 Å². The Kier molecular flexibility index (Phi) is 6.30. The number of nitrogens with zero attached hydrogens (tertiary/aromatic N) is 3. The maximum atomic E-state index is 13.1. The predicted octanol–water partition coefficient (Wildman–Crippen LogP) is 3.00. The van der Waals surface area contributed by atoms with Gasteiger partial charge in [0.25, 0.3) is 5.91 Å². The molecule has 4 rings (SSSR count). The van der Waals surface area contributed by atoms with Gasteiger partial charge >= 0.3 is 12.3 Å². The lowest BCUT2D eigenvalue weighted by Gasteiger charge is -2.39. The minimum atomic E-state index is -4.45. The van der Waals surface area contributed by atoms with E-state index in [-0.39, 0.29) is 42.0 Å². The minimum Gasteiger partial charge on any atom is -0.448 e. The summed E-state index contributed by atoms with van der Waals surface area (Å²) in [6.07, 6.45) is -2.01. The van der Waals surface area contributed by atoms with E-state index in [9.17, 15) is 27.6 Å². The molecule has 0 aliphatic carbocycles. The average molecular weight is 453 g/mol. The van der Waals surface area contributed by atoms with Gasteiger partial charge in [-0.05, 0) is 49.9 Å². The van der Waals surface area contributed by atoms with Crippen molar-refractivity contribution in [2.24, 2.45) is 5.92 Å². The van der Waals surface area contributed by atoms with Crippen molar-refractivity contribution in [1.82, 2.24) is 14.7 Å². The number of carbonyl (C=O) groups is 3. The normalized spacial score (nSPS) is 22.8. The van der Waals surface area contributed by atoms with Crippen molar-refractivity contribution in [2.75, 3.05) is 39.3 Å². The van der Waals surface area contributed by atoms with Gasteiger partial charge in [0, 0.05) is 37.8 Å². The highest BCUT2D eigenvalue weighted by atomic mass is 19.4. The lowest BCUT2D eigenvalue weighted by molar-refractivity contribution is -0.139. The zero-order chi connectivity index (χ0) is 22.9. The highest BCUT2D eigenvalue weighted by molar-refractivity contribution is 5.94. The maximum absolute atomic E-state index is 13.1. The van der Waals surface area contributed by atoms with Crippen LogP contribution < -0.4 is 0 Å². The van der Waals surface area contributed by atoms with E-state index in [0.29, 0.717) is 58.5 Å². The molecule has 0 bridgehead atoms. The predicted molar refractivity (Wildman–Crippen MR) is 108 cm³/mol. The zero-order valence-corrected chi connectivity index (χ0v) is 17.6. The van der Waals surface area contributed by atoms with Gasteiger partial charge in [0.1, 0.15) is 6.61 Å². The van der Waals surface area contributed by atoms with Gasteiger partial charge in [-0.2, -0.15) is 13.2 Å². The fourth-order valence-electron chi connectivity index (χ4n) is 4.74. The van der Waals surface area contributed by atoms with Gasteiger partial charge in [-0.1, -0.05) is 0 Å². The second-order valence-electron chi connectivity index (χ2n) is 8.53. The average Bonchev–Trinajstić information content (AvgIpc) is 3.23. The summed E-state index contributed by atoms with van der Waals surface area (Å²) in [6, 6.07) is 4.26. The number of benzene rings is 1. The van der Waals surface area contributed by atoms with E-state index in [1.165, 1.54) is 12.1 Å². The first-order valence-electron chi connectivity index (χ1n) is 10.9. The Morgan fingerprint density at radius 2 is 1.62 bits per heavy atom.